The van der Waals surface area contributed by atoms with Gasteiger partial charge in [-0.05, 0) is 71.7 Å². The first kappa shape index (κ1) is 26.3. The number of halogens is 1. The molecule has 0 heterocycles. The fraction of sp³-hybridized carbons (Fsp3) is 0.286. The van der Waals surface area contributed by atoms with Gasteiger partial charge in [-0.15, -0.1) is 11.8 Å². The smallest absolute Gasteiger partial charge is 0.251 e. The number of thioether (sulfide) groups is 1. The summed E-state index contributed by atoms with van der Waals surface area (Å²) >= 11 is 3.68. The molecule has 0 unspecified atom stereocenters. The molecule has 6 nitrogen and oxygen atoms in total. The van der Waals surface area contributed by atoms with E-state index in [1.165, 1.54) is 11.8 Å². The second-order valence-corrected chi connectivity index (χ2v) is 9.97. The Labute approximate surface area is 228 Å². The maximum atomic E-state index is 13.3. The standard InChI is InChI=1S/C28H28INO5S/c1-33-23-13-17-8-10-21(30-28(32)18-7-5-6-16(12-18)15-29)20-14-22(31)24(36-4)11-9-19(20)25(17)27(35-3)26(23)34-2/h5-7,9,11-14,21H,8,10,15H2,1-4H3,(H,30,32)/t21-/m0/s1. The van der Waals surface area contributed by atoms with Gasteiger partial charge >= 0.3 is 0 Å². The van der Waals surface area contributed by atoms with Crippen molar-refractivity contribution in [2.75, 3.05) is 27.6 Å². The lowest BCUT2D eigenvalue weighted by atomic mass is 9.95. The Bertz CT molecular complexity index is 1360. The molecule has 0 bridgehead atoms. The lowest BCUT2D eigenvalue weighted by Crippen LogP contribution is -2.29. The number of methoxy groups -OCH3 is 3. The van der Waals surface area contributed by atoms with Crippen molar-refractivity contribution >= 4 is 40.3 Å². The summed E-state index contributed by atoms with van der Waals surface area (Å²) in [5.74, 6) is 1.43. The third kappa shape index (κ3) is 5.06. The van der Waals surface area contributed by atoms with Crippen LogP contribution in [0.25, 0.3) is 11.1 Å². The van der Waals surface area contributed by atoms with Crippen LogP contribution in [0, 0.1) is 0 Å². The molecule has 1 N–H and O–H groups in total. The molecule has 0 saturated carbocycles. The zero-order valence-electron chi connectivity index (χ0n) is 20.6. The molecule has 1 atom stereocenters. The molecule has 0 fully saturated rings. The first-order chi connectivity index (χ1) is 17.4. The lowest BCUT2D eigenvalue weighted by Gasteiger charge is -2.20. The van der Waals surface area contributed by atoms with Gasteiger partial charge in [-0.2, -0.15) is 0 Å². The van der Waals surface area contributed by atoms with Crippen molar-refractivity contribution in [2.24, 2.45) is 0 Å². The van der Waals surface area contributed by atoms with Crippen LogP contribution in [0.5, 0.6) is 17.2 Å². The average molecular weight is 618 g/mol. The number of benzene rings is 2. The summed E-state index contributed by atoms with van der Waals surface area (Å²) in [5.41, 5.74) is 5.01. The molecule has 4 rings (SSSR count). The van der Waals surface area contributed by atoms with Crippen LogP contribution in [0.3, 0.4) is 0 Å². The molecule has 3 aromatic carbocycles. The van der Waals surface area contributed by atoms with E-state index in [0.717, 1.165) is 32.2 Å². The van der Waals surface area contributed by atoms with Gasteiger partial charge in [0.25, 0.3) is 5.91 Å². The molecule has 0 radical (unpaired) electrons. The van der Waals surface area contributed by atoms with Crippen LogP contribution < -0.4 is 25.0 Å². The average Bonchev–Trinajstić information content (AvgIpc) is 3.15. The minimum atomic E-state index is -0.375. The van der Waals surface area contributed by atoms with Crippen LogP contribution in [0.4, 0.5) is 0 Å². The van der Waals surface area contributed by atoms with Crippen molar-refractivity contribution < 1.29 is 19.0 Å². The zero-order chi connectivity index (χ0) is 25.8. The van der Waals surface area contributed by atoms with E-state index in [-0.39, 0.29) is 17.4 Å². The van der Waals surface area contributed by atoms with Crippen molar-refractivity contribution in [2.45, 2.75) is 28.2 Å². The second kappa shape index (κ2) is 11.6. The molecular formula is C28H28INO5S. The van der Waals surface area contributed by atoms with Crippen LogP contribution in [0.15, 0.2) is 58.2 Å². The maximum Gasteiger partial charge on any atom is 0.251 e. The normalized spacial score (nSPS) is 14.2. The van der Waals surface area contributed by atoms with E-state index in [2.05, 4.69) is 27.9 Å². The van der Waals surface area contributed by atoms with Crippen LogP contribution in [0.2, 0.25) is 0 Å². The SMILES string of the molecule is COc1cc2c(c(OC)c1OC)-c1ccc(SC)c(=O)cc1[C@@H](NC(=O)c1cccc(CI)c1)CC2. The number of hydrogen-bond donors (Lipinski definition) is 1. The fourth-order valence-corrected chi connectivity index (χ4v) is 5.59. The molecule has 8 heteroatoms. The first-order valence-electron chi connectivity index (χ1n) is 11.5. The summed E-state index contributed by atoms with van der Waals surface area (Å²) in [6, 6.07) is 14.6. The molecule has 0 spiro atoms. The van der Waals surface area contributed by atoms with E-state index in [1.807, 2.05) is 48.7 Å². The summed E-state index contributed by atoms with van der Waals surface area (Å²) in [6.45, 7) is 0. The van der Waals surface area contributed by atoms with E-state index < -0.39 is 0 Å². The van der Waals surface area contributed by atoms with Crippen molar-refractivity contribution in [1.82, 2.24) is 5.32 Å². The summed E-state index contributed by atoms with van der Waals surface area (Å²) in [7, 11) is 4.76. The zero-order valence-corrected chi connectivity index (χ0v) is 23.6. The third-order valence-electron chi connectivity index (χ3n) is 6.37. The van der Waals surface area contributed by atoms with Crippen molar-refractivity contribution in [3.8, 4) is 28.4 Å². The van der Waals surface area contributed by atoms with Gasteiger partial charge in [-0.3, -0.25) is 9.59 Å². The minimum Gasteiger partial charge on any atom is -0.493 e. The Morgan fingerprint density at radius 3 is 2.50 bits per heavy atom. The van der Waals surface area contributed by atoms with Crippen LogP contribution in [-0.2, 0) is 10.8 Å². The number of carbonyl (C=O) groups excluding carboxylic acids is 1. The van der Waals surface area contributed by atoms with Crippen molar-refractivity contribution in [3.63, 3.8) is 0 Å². The van der Waals surface area contributed by atoms with E-state index in [9.17, 15) is 9.59 Å². The molecular weight excluding hydrogens is 589 g/mol. The van der Waals surface area contributed by atoms with E-state index in [1.54, 1.807) is 27.4 Å². The second-order valence-electron chi connectivity index (χ2n) is 8.36. The van der Waals surface area contributed by atoms with Crippen molar-refractivity contribution in [3.05, 3.63) is 81.0 Å². The number of nitrogens with one attached hydrogen (secondary N) is 1. The van der Waals surface area contributed by atoms with Gasteiger partial charge < -0.3 is 19.5 Å². The van der Waals surface area contributed by atoms with Crippen LogP contribution in [0.1, 0.15) is 39.5 Å². The Kier molecular flexibility index (Phi) is 8.46. The number of fused-ring (bicyclic) bond motifs is 3. The molecule has 1 amide bonds. The number of amides is 1. The van der Waals surface area contributed by atoms with Gasteiger partial charge in [0.2, 0.25) is 5.75 Å². The number of hydrogen-bond acceptors (Lipinski definition) is 6. The molecule has 36 heavy (non-hydrogen) atoms. The summed E-state index contributed by atoms with van der Waals surface area (Å²) in [5, 5.41) is 3.20. The highest BCUT2D eigenvalue weighted by molar-refractivity contribution is 14.1. The van der Waals surface area contributed by atoms with Gasteiger partial charge in [0.15, 0.2) is 16.9 Å². The molecule has 0 aliphatic heterocycles. The number of aryl methyl sites for hydroxylation is 1. The van der Waals surface area contributed by atoms with Gasteiger partial charge in [0, 0.05) is 15.6 Å². The van der Waals surface area contributed by atoms with Gasteiger partial charge in [0.1, 0.15) is 0 Å². The molecule has 188 valence electrons. The number of ether oxygens (including phenoxy) is 3. The first-order valence-corrected chi connectivity index (χ1v) is 14.2. The third-order valence-corrected chi connectivity index (χ3v) is 8.03. The highest BCUT2D eigenvalue weighted by atomic mass is 127. The van der Waals surface area contributed by atoms with Gasteiger partial charge in [-0.1, -0.05) is 40.8 Å². The Balaban J connectivity index is 1.91. The van der Waals surface area contributed by atoms with E-state index in [0.29, 0.717) is 40.5 Å². The molecule has 0 aromatic heterocycles. The Morgan fingerprint density at radius 1 is 1.06 bits per heavy atom. The Hall–Kier alpha value is -2.72. The fourth-order valence-electron chi connectivity index (χ4n) is 4.65. The maximum absolute atomic E-state index is 13.3. The lowest BCUT2D eigenvalue weighted by molar-refractivity contribution is 0.0935. The topological polar surface area (TPSA) is 73.9 Å². The molecule has 1 aliphatic rings. The van der Waals surface area contributed by atoms with Crippen LogP contribution in [-0.4, -0.2) is 33.5 Å². The predicted molar refractivity (Wildman–Crippen MR) is 152 cm³/mol. The molecule has 1 aliphatic carbocycles. The van der Waals surface area contributed by atoms with Crippen molar-refractivity contribution in [1.29, 1.82) is 0 Å². The summed E-state index contributed by atoms with van der Waals surface area (Å²) in [4.78, 5) is 27.1. The summed E-state index contributed by atoms with van der Waals surface area (Å²) < 4.78 is 17.9. The van der Waals surface area contributed by atoms with Gasteiger partial charge in [0.05, 0.1) is 32.3 Å². The molecule has 0 saturated heterocycles. The predicted octanol–water partition coefficient (Wildman–Crippen LogP) is 5.81. The number of alkyl halides is 1. The number of rotatable bonds is 7. The van der Waals surface area contributed by atoms with Crippen LogP contribution >= 0.6 is 34.4 Å². The Morgan fingerprint density at radius 2 is 1.83 bits per heavy atom. The highest BCUT2D eigenvalue weighted by Gasteiger charge is 2.30. The highest BCUT2D eigenvalue weighted by Crippen LogP contribution is 2.50. The quantitative estimate of drug-likeness (QED) is 0.205. The van der Waals surface area contributed by atoms with E-state index in [4.69, 9.17) is 14.2 Å². The minimum absolute atomic E-state index is 0.0854. The monoisotopic (exact) mass is 617 g/mol. The van der Waals surface area contributed by atoms with Gasteiger partial charge in [-0.25, -0.2) is 0 Å². The molecule has 3 aromatic rings. The largest absolute Gasteiger partial charge is 0.493 e. The summed E-state index contributed by atoms with van der Waals surface area (Å²) in [6.07, 6.45) is 3.13. The number of carbonyl (C=O) groups is 1. The van der Waals surface area contributed by atoms with E-state index >= 15 is 0 Å².